The summed E-state index contributed by atoms with van der Waals surface area (Å²) in [5.74, 6) is 0.0155. The molecule has 2 aromatic rings. The molecule has 0 amide bonds. The van der Waals surface area contributed by atoms with E-state index in [1.54, 1.807) is 6.20 Å². The van der Waals surface area contributed by atoms with Crippen LogP contribution >= 0.6 is 0 Å². The number of benzene rings is 1. The Bertz CT molecular complexity index is 656. The minimum atomic E-state index is -3.35. The summed E-state index contributed by atoms with van der Waals surface area (Å²) in [7, 11) is -3.35. The van der Waals surface area contributed by atoms with Gasteiger partial charge in [-0.25, -0.2) is 13.6 Å². The summed E-state index contributed by atoms with van der Waals surface area (Å²) in [5, 5.41) is 9.23. The average Bonchev–Trinajstić information content (AvgIpc) is 2.37. The summed E-state index contributed by atoms with van der Waals surface area (Å²) in [6, 6.07) is 10.0. The molecule has 3 N–H and O–H groups in total. The van der Waals surface area contributed by atoms with Gasteiger partial charge in [-0.1, -0.05) is 12.1 Å². The second-order valence-corrected chi connectivity index (χ2v) is 6.16. The Kier molecular flexibility index (Phi) is 4.47. The molecule has 0 bridgehead atoms. The lowest BCUT2D eigenvalue weighted by Gasteiger charge is -2.05. The summed E-state index contributed by atoms with van der Waals surface area (Å²) in [5.41, 5.74) is 2.12. The minimum absolute atomic E-state index is 0.0155. The molecule has 0 saturated heterocycles. The van der Waals surface area contributed by atoms with Crippen molar-refractivity contribution in [2.75, 3.05) is 12.3 Å². The van der Waals surface area contributed by atoms with E-state index in [4.69, 9.17) is 5.14 Å². The molecule has 0 saturated carbocycles. The van der Waals surface area contributed by atoms with Gasteiger partial charge >= 0.3 is 0 Å². The number of nitrogens with one attached hydrogen (secondary N) is 1. The molecule has 0 atom stereocenters. The Hall–Kier alpha value is -1.50. The molecule has 6 heteroatoms. The number of aromatic nitrogens is 1. The van der Waals surface area contributed by atoms with Gasteiger partial charge in [0.25, 0.3) is 0 Å². The van der Waals surface area contributed by atoms with Gasteiger partial charge in [-0.2, -0.15) is 0 Å². The second-order valence-electron chi connectivity index (χ2n) is 4.43. The van der Waals surface area contributed by atoms with Crippen molar-refractivity contribution in [3.63, 3.8) is 0 Å². The van der Waals surface area contributed by atoms with Crippen molar-refractivity contribution in [1.82, 2.24) is 10.3 Å². The molecule has 0 aliphatic carbocycles. The summed E-state index contributed by atoms with van der Waals surface area (Å²) in [6.45, 7) is 1.33. The third-order valence-electron chi connectivity index (χ3n) is 2.78. The first kappa shape index (κ1) is 13.9. The SMILES string of the molecule is NS(=O)(=O)CCCNCc1ccc2ncccc2c1. The first-order valence-corrected chi connectivity index (χ1v) is 7.81. The van der Waals surface area contributed by atoms with E-state index in [-0.39, 0.29) is 5.75 Å². The van der Waals surface area contributed by atoms with E-state index < -0.39 is 10.0 Å². The van der Waals surface area contributed by atoms with Gasteiger partial charge in [-0.05, 0) is 36.7 Å². The molecule has 0 aliphatic rings. The number of rotatable bonds is 6. The Balaban J connectivity index is 1.85. The predicted molar refractivity (Wildman–Crippen MR) is 76.0 cm³/mol. The van der Waals surface area contributed by atoms with E-state index in [0.717, 1.165) is 16.5 Å². The summed E-state index contributed by atoms with van der Waals surface area (Å²) in [4.78, 5) is 4.26. The highest BCUT2D eigenvalue weighted by Crippen LogP contribution is 2.12. The molecule has 2 rings (SSSR count). The van der Waals surface area contributed by atoms with Crippen molar-refractivity contribution < 1.29 is 8.42 Å². The van der Waals surface area contributed by atoms with E-state index in [1.165, 1.54) is 0 Å². The van der Waals surface area contributed by atoms with Crippen LogP contribution in [0.25, 0.3) is 10.9 Å². The van der Waals surface area contributed by atoms with Crippen molar-refractivity contribution in [2.45, 2.75) is 13.0 Å². The number of primary sulfonamides is 1. The van der Waals surface area contributed by atoms with Crippen LogP contribution in [0.1, 0.15) is 12.0 Å². The zero-order valence-corrected chi connectivity index (χ0v) is 11.4. The van der Waals surface area contributed by atoms with Gasteiger partial charge in [0.15, 0.2) is 0 Å². The molecule has 0 aliphatic heterocycles. The number of pyridine rings is 1. The smallest absolute Gasteiger partial charge is 0.209 e. The Morgan fingerprint density at radius 1 is 1.26 bits per heavy atom. The van der Waals surface area contributed by atoms with Gasteiger partial charge in [-0.15, -0.1) is 0 Å². The molecule has 0 spiro atoms. The lowest BCUT2D eigenvalue weighted by atomic mass is 10.1. The molecule has 0 fully saturated rings. The summed E-state index contributed by atoms with van der Waals surface area (Å²) < 4.78 is 21.5. The Morgan fingerprint density at radius 3 is 2.89 bits per heavy atom. The standard InChI is InChI=1S/C13H17N3O2S/c14-19(17,18)8-2-6-15-10-11-4-5-13-12(9-11)3-1-7-16-13/h1,3-5,7,9,15H,2,6,8,10H2,(H2,14,17,18). The molecule has 1 aromatic heterocycles. The van der Waals surface area contributed by atoms with Gasteiger partial charge in [0.05, 0.1) is 11.3 Å². The quantitative estimate of drug-likeness (QED) is 0.773. The van der Waals surface area contributed by atoms with Crippen LogP contribution in [-0.4, -0.2) is 25.7 Å². The third-order valence-corrected chi connectivity index (χ3v) is 3.64. The molecular weight excluding hydrogens is 262 g/mol. The lowest BCUT2D eigenvalue weighted by Crippen LogP contribution is -2.22. The molecular formula is C13H17N3O2S. The van der Waals surface area contributed by atoms with E-state index in [2.05, 4.69) is 16.4 Å². The van der Waals surface area contributed by atoms with Crippen LogP contribution < -0.4 is 10.5 Å². The summed E-state index contributed by atoms with van der Waals surface area (Å²) >= 11 is 0. The third kappa shape index (κ3) is 4.59. The normalized spacial score (nSPS) is 11.8. The Morgan fingerprint density at radius 2 is 2.11 bits per heavy atom. The van der Waals surface area contributed by atoms with Gasteiger partial charge in [0.1, 0.15) is 0 Å². The number of hydrogen-bond donors (Lipinski definition) is 2. The van der Waals surface area contributed by atoms with Gasteiger partial charge < -0.3 is 5.32 Å². The maximum atomic E-state index is 10.8. The second kappa shape index (κ2) is 6.10. The van der Waals surface area contributed by atoms with Crippen molar-refractivity contribution in [2.24, 2.45) is 5.14 Å². The van der Waals surface area contributed by atoms with E-state index >= 15 is 0 Å². The Labute approximate surface area is 112 Å². The monoisotopic (exact) mass is 279 g/mol. The van der Waals surface area contributed by atoms with Crippen LogP contribution in [0.5, 0.6) is 0 Å². The lowest BCUT2D eigenvalue weighted by molar-refractivity contribution is 0.590. The molecule has 5 nitrogen and oxygen atoms in total. The molecule has 102 valence electrons. The van der Waals surface area contributed by atoms with E-state index in [0.29, 0.717) is 19.5 Å². The zero-order valence-electron chi connectivity index (χ0n) is 10.5. The van der Waals surface area contributed by atoms with Crippen LogP contribution in [-0.2, 0) is 16.6 Å². The number of sulfonamides is 1. The van der Waals surface area contributed by atoms with E-state index in [9.17, 15) is 8.42 Å². The largest absolute Gasteiger partial charge is 0.313 e. The fraction of sp³-hybridized carbons (Fsp3) is 0.308. The summed E-state index contributed by atoms with van der Waals surface area (Å²) in [6.07, 6.45) is 2.29. The van der Waals surface area contributed by atoms with Crippen molar-refractivity contribution >= 4 is 20.9 Å². The van der Waals surface area contributed by atoms with Gasteiger partial charge in [0.2, 0.25) is 10.0 Å². The van der Waals surface area contributed by atoms with Crippen LogP contribution in [0.3, 0.4) is 0 Å². The maximum absolute atomic E-state index is 10.8. The minimum Gasteiger partial charge on any atom is -0.313 e. The van der Waals surface area contributed by atoms with Crippen molar-refractivity contribution in [1.29, 1.82) is 0 Å². The zero-order chi connectivity index (χ0) is 13.7. The maximum Gasteiger partial charge on any atom is 0.209 e. The highest BCUT2D eigenvalue weighted by atomic mass is 32.2. The molecule has 19 heavy (non-hydrogen) atoms. The van der Waals surface area contributed by atoms with Crippen LogP contribution in [0.15, 0.2) is 36.5 Å². The number of nitrogens with zero attached hydrogens (tertiary/aromatic N) is 1. The highest BCUT2D eigenvalue weighted by molar-refractivity contribution is 7.89. The van der Waals surface area contributed by atoms with Gasteiger partial charge in [0, 0.05) is 18.1 Å². The average molecular weight is 279 g/mol. The molecule has 1 heterocycles. The first-order chi connectivity index (χ1) is 9.04. The predicted octanol–water partition coefficient (Wildman–Crippen LogP) is 1.00. The topological polar surface area (TPSA) is 85.1 Å². The van der Waals surface area contributed by atoms with Gasteiger partial charge in [-0.3, -0.25) is 4.98 Å². The molecule has 0 unspecified atom stereocenters. The fourth-order valence-corrected chi connectivity index (χ4v) is 2.41. The van der Waals surface area contributed by atoms with Crippen LogP contribution in [0.4, 0.5) is 0 Å². The molecule has 1 aromatic carbocycles. The number of fused-ring (bicyclic) bond motifs is 1. The van der Waals surface area contributed by atoms with E-state index in [1.807, 2.05) is 24.3 Å². The fourth-order valence-electron chi connectivity index (χ4n) is 1.87. The number of hydrogen-bond acceptors (Lipinski definition) is 4. The van der Waals surface area contributed by atoms with Crippen molar-refractivity contribution in [3.8, 4) is 0 Å². The first-order valence-electron chi connectivity index (χ1n) is 6.09. The van der Waals surface area contributed by atoms with Crippen LogP contribution in [0, 0.1) is 0 Å². The van der Waals surface area contributed by atoms with Crippen molar-refractivity contribution in [3.05, 3.63) is 42.1 Å². The highest BCUT2D eigenvalue weighted by Gasteiger charge is 2.01. The molecule has 0 radical (unpaired) electrons. The number of nitrogens with two attached hydrogens (primary N) is 1. The van der Waals surface area contributed by atoms with Crippen LogP contribution in [0.2, 0.25) is 0 Å².